The number of hydrogen-bond acceptors (Lipinski definition) is 6. The minimum Gasteiger partial charge on any atom is -0.457 e. The highest BCUT2D eigenvalue weighted by atomic mass is 16.7. The number of ether oxygens (including phenoxy) is 3. The van der Waals surface area contributed by atoms with E-state index in [0.29, 0.717) is 18.0 Å². The summed E-state index contributed by atoms with van der Waals surface area (Å²) in [6.07, 6.45) is 15.7. The summed E-state index contributed by atoms with van der Waals surface area (Å²) in [7, 11) is 0. The molecule has 1 aliphatic rings. The molecule has 3 unspecified atom stereocenters. The fourth-order valence-electron chi connectivity index (χ4n) is 7.23. The topological polar surface area (TPSA) is 92.3 Å². The molecule has 0 saturated carbocycles. The minimum atomic E-state index is -0.514. The molecule has 0 bridgehead atoms. The van der Waals surface area contributed by atoms with Crippen LogP contribution in [-0.2, 0) is 22.6 Å². The summed E-state index contributed by atoms with van der Waals surface area (Å²) in [4.78, 5) is 15.4. The number of nitrogens with zero attached hydrogens (tertiary/aromatic N) is 1. The zero-order valence-electron chi connectivity index (χ0n) is 33.8. The third kappa shape index (κ3) is 15.0. The van der Waals surface area contributed by atoms with Gasteiger partial charge in [0.05, 0.1) is 18.8 Å². The van der Waals surface area contributed by atoms with Crippen molar-refractivity contribution >= 4 is 11.7 Å². The van der Waals surface area contributed by atoms with Crippen molar-refractivity contribution in [1.29, 1.82) is 0 Å². The van der Waals surface area contributed by atoms with Crippen molar-refractivity contribution in [2.75, 3.05) is 25.0 Å². The predicted molar refractivity (Wildman–Crippen MR) is 227 cm³/mol. The number of aliphatic hydroxyl groups excluding tert-OH is 1. The Balaban J connectivity index is 1.18. The molecular formula is C48H65N3O5. The Hall–Kier alpha value is -4.21. The van der Waals surface area contributed by atoms with Gasteiger partial charge in [0.2, 0.25) is 0 Å². The lowest BCUT2D eigenvalue weighted by Crippen LogP contribution is -2.40. The van der Waals surface area contributed by atoms with Gasteiger partial charge in [-0.25, -0.2) is 4.79 Å². The Morgan fingerprint density at radius 2 is 1.25 bits per heavy atom. The maximum atomic E-state index is 12.7. The van der Waals surface area contributed by atoms with Crippen LogP contribution in [0.15, 0.2) is 103 Å². The highest BCUT2D eigenvalue weighted by Crippen LogP contribution is 2.38. The molecule has 4 aromatic carbocycles. The maximum Gasteiger partial charge on any atom is 0.319 e. The Morgan fingerprint density at radius 3 is 1.88 bits per heavy atom. The van der Waals surface area contributed by atoms with E-state index in [1.54, 1.807) is 0 Å². The van der Waals surface area contributed by atoms with E-state index < -0.39 is 6.29 Å². The first-order valence-corrected chi connectivity index (χ1v) is 21.2. The smallest absolute Gasteiger partial charge is 0.319 e. The van der Waals surface area contributed by atoms with Crippen LogP contribution >= 0.6 is 0 Å². The molecule has 1 heterocycles. The Labute approximate surface area is 336 Å². The molecule has 3 atom stereocenters. The van der Waals surface area contributed by atoms with Crippen molar-refractivity contribution in [3.63, 3.8) is 0 Å². The summed E-state index contributed by atoms with van der Waals surface area (Å²) in [5.74, 6) is 1.46. The number of carbonyl (C=O) groups is 1. The Bertz CT molecular complexity index is 1630. The zero-order valence-corrected chi connectivity index (χ0v) is 33.8. The Morgan fingerprint density at radius 1 is 0.679 bits per heavy atom. The molecule has 302 valence electrons. The summed E-state index contributed by atoms with van der Waals surface area (Å²) < 4.78 is 19.3. The summed E-state index contributed by atoms with van der Waals surface area (Å²) in [6.45, 7) is 8.03. The van der Waals surface area contributed by atoms with Crippen LogP contribution in [0.3, 0.4) is 0 Å². The fourth-order valence-corrected chi connectivity index (χ4v) is 7.23. The van der Waals surface area contributed by atoms with Crippen LogP contribution in [0.4, 0.5) is 10.5 Å². The molecule has 8 nitrogen and oxygen atoms in total. The lowest BCUT2D eigenvalue weighted by molar-refractivity contribution is -0.253. The van der Waals surface area contributed by atoms with Crippen LogP contribution in [-0.4, -0.2) is 41.8 Å². The van der Waals surface area contributed by atoms with Crippen LogP contribution in [0.2, 0.25) is 0 Å². The summed E-state index contributed by atoms with van der Waals surface area (Å²) in [6, 6.07) is 32.9. The number of aliphatic hydroxyl groups is 1. The van der Waals surface area contributed by atoms with Crippen molar-refractivity contribution in [1.82, 2.24) is 10.2 Å². The van der Waals surface area contributed by atoms with E-state index in [4.69, 9.17) is 14.2 Å². The molecule has 0 spiro atoms. The van der Waals surface area contributed by atoms with E-state index in [0.717, 1.165) is 54.1 Å². The number of amides is 2. The van der Waals surface area contributed by atoms with Gasteiger partial charge in [0.1, 0.15) is 11.5 Å². The molecule has 0 radical (unpaired) electrons. The third-order valence-electron chi connectivity index (χ3n) is 10.5. The van der Waals surface area contributed by atoms with Crippen LogP contribution in [0.5, 0.6) is 11.5 Å². The van der Waals surface area contributed by atoms with Gasteiger partial charge in [-0.3, -0.25) is 0 Å². The summed E-state index contributed by atoms with van der Waals surface area (Å²) in [5.41, 5.74) is 4.60. The van der Waals surface area contributed by atoms with Crippen LogP contribution in [0, 0.1) is 0 Å². The van der Waals surface area contributed by atoms with E-state index >= 15 is 0 Å². The minimum absolute atomic E-state index is 0.0143. The van der Waals surface area contributed by atoms with Crippen LogP contribution in [0.1, 0.15) is 132 Å². The number of urea groups is 1. The van der Waals surface area contributed by atoms with Crippen LogP contribution < -0.4 is 15.4 Å². The SMILES string of the molecule is CCCCCCCCN(CCCCCCCC)CC1CC(c2ccc(CO)cc2)OC(c2ccc(CNC(=O)Nc3ccc(Oc4ccccc4)cc3)cc2)O1. The summed E-state index contributed by atoms with van der Waals surface area (Å²) >= 11 is 0. The van der Waals surface area contributed by atoms with Crippen molar-refractivity contribution in [3.05, 3.63) is 125 Å². The van der Waals surface area contributed by atoms with Crippen LogP contribution in [0.25, 0.3) is 0 Å². The van der Waals surface area contributed by atoms with Crippen molar-refractivity contribution in [2.24, 2.45) is 0 Å². The third-order valence-corrected chi connectivity index (χ3v) is 10.5. The molecular weight excluding hydrogens is 699 g/mol. The molecule has 1 aliphatic heterocycles. The van der Waals surface area contributed by atoms with Gasteiger partial charge in [-0.2, -0.15) is 0 Å². The first-order valence-electron chi connectivity index (χ1n) is 21.2. The molecule has 0 aliphatic carbocycles. The number of anilines is 1. The molecule has 1 fully saturated rings. The molecule has 4 aromatic rings. The number of rotatable bonds is 24. The van der Waals surface area contributed by atoms with Gasteiger partial charge < -0.3 is 34.9 Å². The van der Waals surface area contributed by atoms with Crippen molar-refractivity contribution in [3.8, 4) is 11.5 Å². The lowest BCUT2D eigenvalue weighted by Gasteiger charge is -2.38. The molecule has 56 heavy (non-hydrogen) atoms. The number of benzene rings is 4. The van der Waals surface area contributed by atoms with E-state index in [9.17, 15) is 9.90 Å². The van der Waals surface area contributed by atoms with Gasteiger partial charge in [0.15, 0.2) is 6.29 Å². The first kappa shape index (κ1) is 42.9. The number of hydrogen-bond donors (Lipinski definition) is 3. The highest BCUT2D eigenvalue weighted by molar-refractivity contribution is 5.89. The molecule has 8 heteroatoms. The first-order chi connectivity index (χ1) is 27.5. The zero-order chi connectivity index (χ0) is 39.2. The molecule has 5 rings (SSSR count). The van der Waals surface area contributed by atoms with Gasteiger partial charge in [-0.05, 0) is 79.0 Å². The quantitative estimate of drug-likeness (QED) is 0.0616. The number of para-hydroxylation sites is 1. The average molecular weight is 764 g/mol. The van der Waals surface area contributed by atoms with Gasteiger partial charge >= 0.3 is 6.03 Å². The summed E-state index contributed by atoms with van der Waals surface area (Å²) in [5, 5.41) is 15.5. The average Bonchev–Trinajstić information content (AvgIpc) is 3.23. The second-order valence-electron chi connectivity index (χ2n) is 15.2. The molecule has 2 amide bonds. The van der Waals surface area contributed by atoms with E-state index in [2.05, 4.69) is 41.5 Å². The van der Waals surface area contributed by atoms with Gasteiger partial charge in [-0.15, -0.1) is 0 Å². The van der Waals surface area contributed by atoms with E-state index in [1.807, 2.05) is 91.0 Å². The maximum absolute atomic E-state index is 12.7. The normalized spacial score (nSPS) is 16.8. The standard InChI is InChI=1S/C48H65N3O5/c1-3-5-7-9-11-16-32-51(33-17-12-10-8-6-4-2)36-45-34-46(40-24-22-39(37-52)23-25-40)56-47(55-45)41-26-20-38(21-27-41)35-49-48(53)50-42-28-30-44(31-29-42)54-43-18-14-13-15-19-43/h13-15,18-31,45-47,52H,3-12,16-17,32-37H2,1-2H3,(H2,49,50,53). The lowest BCUT2D eigenvalue weighted by atomic mass is 9.99. The number of nitrogens with one attached hydrogen (secondary N) is 2. The number of carbonyl (C=O) groups excluding carboxylic acids is 1. The van der Waals surface area contributed by atoms with E-state index in [-0.39, 0.29) is 24.8 Å². The largest absolute Gasteiger partial charge is 0.457 e. The second kappa shape index (κ2) is 24.4. The van der Waals surface area contributed by atoms with Gasteiger partial charge in [0, 0.05) is 30.8 Å². The number of unbranched alkanes of at least 4 members (excludes halogenated alkanes) is 10. The second-order valence-corrected chi connectivity index (χ2v) is 15.2. The highest BCUT2D eigenvalue weighted by Gasteiger charge is 2.33. The van der Waals surface area contributed by atoms with Gasteiger partial charge in [-0.1, -0.05) is 145 Å². The van der Waals surface area contributed by atoms with E-state index in [1.165, 1.54) is 77.0 Å². The predicted octanol–water partition coefficient (Wildman–Crippen LogP) is 11.9. The van der Waals surface area contributed by atoms with Crippen molar-refractivity contribution in [2.45, 2.75) is 129 Å². The van der Waals surface area contributed by atoms with Gasteiger partial charge in [0.25, 0.3) is 0 Å². The molecule has 3 N–H and O–H groups in total. The molecule has 0 aromatic heterocycles. The Kier molecular flexibility index (Phi) is 18.7. The van der Waals surface area contributed by atoms with Crippen molar-refractivity contribution < 1.29 is 24.1 Å². The monoisotopic (exact) mass is 763 g/mol. The molecule has 1 saturated heterocycles. The fraction of sp³-hybridized carbons (Fsp3) is 0.479.